The molecule has 4 heteroatoms. The third-order valence-electron chi connectivity index (χ3n) is 1.86. The van der Waals surface area contributed by atoms with E-state index < -0.39 is 11.9 Å². The van der Waals surface area contributed by atoms with Gasteiger partial charge >= 0.3 is 0 Å². The van der Waals surface area contributed by atoms with Gasteiger partial charge in [0.2, 0.25) is 0 Å². The molecular weight excluding hydrogens is 181 g/mol. The van der Waals surface area contributed by atoms with Gasteiger partial charge < -0.3 is 5.73 Å². The zero-order valence-corrected chi connectivity index (χ0v) is 7.37. The summed E-state index contributed by atoms with van der Waals surface area (Å²) in [5.74, 6) is -0.627. The minimum Gasteiger partial charge on any atom is -0.323 e. The van der Waals surface area contributed by atoms with Crippen molar-refractivity contribution in [3.63, 3.8) is 0 Å². The van der Waals surface area contributed by atoms with Gasteiger partial charge in [-0.3, -0.25) is 0 Å². The van der Waals surface area contributed by atoms with Crippen molar-refractivity contribution >= 4 is 0 Å². The van der Waals surface area contributed by atoms with Gasteiger partial charge in [-0.25, -0.2) is 4.39 Å². The van der Waals surface area contributed by atoms with Gasteiger partial charge in [-0.05, 0) is 6.07 Å². The maximum atomic E-state index is 13.4. The Labute approximate surface area is 81.2 Å². The number of hydrogen-bond donors (Lipinski definition) is 1. The van der Waals surface area contributed by atoms with Crippen LogP contribution in [0.1, 0.15) is 23.6 Å². The van der Waals surface area contributed by atoms with Crippen molar-refractivity contribution < 1.29 is 4.39 Å². The maximum absolute atomic E-state index is 13.4. The molecule has 0 aliphatic carbocycles. The Morgan fingerprint density at radius 2 is 2.14 bits per heavy atom. The van der Waals surface area contributed by atoms with Crippen LogP contribution < -0.4 is 5.73 Å². The Bertz CT molecular complexity index is 414. The molecule has 0 aliphatic heterocycles. The van der Waals surface area contributed by atoms with Crippen LogP contribution in [-0.2, 0) is 0 Å². The zero-order valence-electron chi connectivity index (χ0n) is 7.37. The number of nitrogens with zero attached hydrogens (tertiary/aromatic N) is 2. The molecule has 14 heavy (non-hydrogen) atoms. The summed E-state index contributed by atoms with van der Waals surface area (Å²) in [6.45, 7) is 0. The molecule has 2 N–H and O–H groups in total. The zero-order chi connectivity index (χ0) is 10.6. The first-order valence-electron chi connectivity index (χ1n) is 4.01. The second-order valence-electron chi connectivity index (χ2n) is 2.79. The molecule has 1 unspecified atom stereocenters. The Morgan fingerprint density at radius 1 is 1.43 bits per heavy atom. The van der Waals surface area contributed by atoms with Crippen LogP contribution in [0.25, 0.3) is 0 Å². The molecule has 1 aromatic rings. The van der Waals surface area contributed by atoms with Crippen LogP contribution in [0.3, 0.4) is 0 Å². The second kappa shape index (κ2) is 4.36. The number of hydrogen-bond acceptors (Lipinski definition) is 3. The van der Waals surface area contributed by atoms with Crippen LogP contribution in [0.15, 0.2) is 18.2 Å². The lowest BCUT2D eigenvalue weighted by Gasteiger charge is -2.09. The van der Waals surface area contributed by atoms with E-state index >= 15 is 0 Å². The van der Waals surface area contributed by atoms with Gasteiger partial charge in [-0.1, -0.05) is 12.1 Å². The maximum Gasteiger partial charge on any atom is 0.145 e. The van der Waals surface area contributed by atoms with E-state index in [0.717, 1.165) is 0 Å². The fourth-order valence-corrected chi connectivity index (χ4v) is 1.13. The minimum absolute atomic E-state index is 0.0335. The molecule has 1 rings (SSSR count). The van der Waals surface area contributed by atoms with Gasteiger partial charge in [0, 0.05) is 11.6 Å². The van der Waals surface area contributed by atoms with Crippen LogP contribution in [0.4, 0.5) is 4.39 Å². The largest absolute Gasteiger partial charge is 0.323 e. The fraction of sp³-hybridized carbons (Fsp3) is 0.200. The van der Waals surface area contributed by atoms with Crippen LogP contribution in [-0.4, -0.2) is 0 Å². The van der Waals surface area contributed by atoms with Crippen molar-refractivity contribution in [3.05, 3.63) is 35.1 Å². The molecular formula is C10H8FN3. The predicted octanol–water partition coefficient (Wildman–Crippen LogP) is 1.61. The number of nitrogens with two attached hydrogens (primary N) is 1. The fourth-order valence-electron chi connectivity index (χ4n) is 1.13. The van der Waals surface area contributed by atoms with E-state index in [0.29, 0.717) is 0 Å². The lowest BCUT2D eigenvalue weighted by atomic mass is 10.0. The van der Waals surface area contributed by atoms with Gasteiger partial charge in [0.15, 0.2) is 0 Å². The first-order valence-corrected chi connectivity index (χ1v) is 4.01. The molecule has 1 atom stereocenters. The van der Waals surface area contributed by atoms with E-state index in [4.69, 9.17) is 16.3 Å². The van der Waals surface area contributed by atoms with Crippen molar-refractivity contribution in [2.75, 3.05) is 0 Å². The van der Waals surface area contributed by atoms with Crippen molar-refractivity contribution in [3.8, 4) is 12.1 Å². The third-order valence-corrected chi connectivity index (χ3v) is 1.86. The van der Waals surface area contributed by atoms with Crippen LogP contribution in [0.5, 0.6) is 0 Å². The van der Waals surface area contributed by atoms with Gasteiger partial charge in [0.05, 0.1) is 18.1 Å². The van der Waals surface area contributed by atoms with Crippen LogP contribution >= 0.6 is 0 Å². The monoisotopic (exact) mass is 189 g/mol. The molecule has 0 heterocycles. The highest BCUT2D eigenvalue weighted by Crippen LogP contribution is 2.19. The number of nitriles is 2. The number of halogens is 1. The van der Waals surface area contributed by atoms with Crippen LogP contribution in [0.2, 0.25) is 0 Å². The van der Waals surface area contributed by atoms with E-state index in [2.05, 4.69) is 0 Å². The highest BCUT2D eigenvalue weighted by atomic mass is 19.1. The third kappa shape index (κ3) is 1.87. The molecule has 0 radical (unpaired) electrons. The summed E-state index contributed by atoms with van der Waals surface area (Å²) in [6, 6.07) is 7.31. The van der Waals surface area contributed by atoms with E-state index in [1.165, 1.54) is 12.1 Å². The van der Waals surface area contributed by atoms with Gasteiger partial charge in [-0.15, -0.1) is 0 Å². The van der Waals surface area contributed by atoms with E-state index in [9.17, 15) is 4.39 Å². The molecule has 0 bridgehead atoms. The van der Waals surface area contributed by atoms with Gasteiger partial charge in [0.25, 0.3) is 0 Å². The standard InChI is InChI=1S/C10H8FN3/c11-10-7(6-13)2-1-3-8(10)9(14)4-5-12/h1-3,9H,4,14H2. The lowest BCUT2D eigenvalue weighted by molar-refractivity contribution is 0.581. The first-order chi connectivity index (χ1) is 6.70. The predicted molar refractivity (Wildman–Crippen MR) is 48.3 cm³/mol. The summed E-state index contributed by atoms with van der Waals surface area (Å²) in [5, 5.41) is 17.0. The van der Waals surface area contributed by atoms with Gasteiger partial charge in [-0.2, -0.15) is 10.5 Å². The Hall–Kier alpha value is -1.91. The molecule has 70 valence electrons. The SMILES string of the molecule is N#CCC(N)c1cccc(C#N)c1F. The van der Waals surface area contributed by atoms with Crippen LogP contribution in [0, 0.1) is 28.5 Å². The molecule has 3 nitrogen and oxygen atoms in total. The molecule has 0 fully saturated rings. The summed E-state index contributed by atoms with van der Waals surface area (Å²) in [5.41, 5.74) is 5.73. The molecule has 0 aromatic heterocycles. The van der Waals surface area contributed by atoms with Crippen molar-refractivity contribution in [2.45, 2.75) is 12.5 Å². The Morgan fingerprint density at radius 3 is 2.71 bits per heavy atom. The van der Waals surface area contributed by atoms with Crippen molar-refractivity contribution in [2.24, 2.45) is 5.73 Å². The van der Waals surface area contributed by atoms with E-state index in [1.807, 2.05) is 6.07 Å². The summed E-state index contributed by atoms with van der Waals surface area (Å²) in [6.07, 6.45) is 0.0335. The minimum atomic E-state index is -0.673. The smallest absolute Gasteiger partial charge is 0.145 e. The normalized spacial score (nSPS) is 11.4. The van der Waals surface area contributed by atoms with E-state index in [-0.39, 0.29) is 17.5 Å². The number of rotatable bonds is 2. The van der Waals surface area contributed by atoms with E-state index in [1.54, 1.807) is 12.1 Å². The highest BCUT2D eigenvalue weighted by molar-refractivity contribution is 5.36. The quantitative estimate of drug-likeness (QED) is 0.768. The Kier molecular flexibility index (Phi) is 3.17. The highest BCUT2D eigenvalue weighted by Gasteiger charge is 2.13. The molecule has 0 amide bonds. The van der Waals surface area contributed by atoms with Crippen molar-refractivity contribution in [1.82, 2.24) is 0 Å². The topological polar surface area (TPSA) is 73.6 Å². The molecule has 0 saturated heterocycles. The molecule has 0 aliphatic rings. The summed E-state index contributed by atoms with van der Waals surface area (Å²) >= 11 is 0. The second-order valence-corrected chi connectivity index (χ2v) is 2.79. The molecule has 0 spiro atoms. The Balaban J connectivity index is 3.12. The average Bonchev–Trinajstić information content (AvgIpc) is 2.18. The van der Waals surface area contributed by atoms with Gasteiger partial charge in [0.1, 0.15) is 11.9 Å². The molecule has 0 saturated carbocycles. The first kappa shape index (κ1) is 10.2. The lowest BCUT2D eigenvalue weighted by Crippen LogP contribution is -2.11. The summed E-state index contributed by atoms with van der Waals surface area (Å²) in [7, 11) is 0. The molecule has 1 aromatic carbocycles. The average molecular weight is 189 g/mol. The summed E-state index contributed by atoms with van der Waals surface area (Å²) in [4.78, 5) is 0. The van der Waals surface area contributed by atoms with Crippen molar-refractivity contribution in [1.29, 1.82) is 10.5 Å². The summed E-state index contributed by atoms with van der Waals surface area (Å²) < 4.78 is 13.4. The number of benzene rings is 1.